The van der Waals surface area contributed by atoms with Gasteiger partial charge in [-0.2, -0.15) is 0 Å². The molecule has 2 aliphatic heterocycles. The standard InChI is InChI=1S/C24H27N3O5S/c1-30-17-11-9-16(10-12-17)25-24-27(15-18-6-5-13-32-18)23(29)21(33-24)14-22(28)26-19-7-3-4-8-20(19)31-2/h3-4,7-12,18,21H,5-6,13-15H2,1-2H3,(H,26,28). The van der Waals surface area contributed by atoms with E-state index < -0.39 is 5.25 Å². The summed E-state index contributed by atoms with van der Waals surface area (Å²) in [6.45, 7) is 1.14. The molecule has 2 heterocycles. The highest BCUT2D eigenvalue weighted by Crippen LogP contribution is 2.34. The van der Waals surface area contributed by atoms with Crippen molar-refractivity contribution in [3.05, 3.63) is 48.5 Å². The van der Waals surface area contributed by atoms with Gasteiger partial charge in [-0.3, -0.25) is 14.5 Å². The van der Waals surface area contributed by atoms with Crippen molar-refractivity contribution in [1.82, 2.24) is 4.90 Å². The number of carbonyl (C=O) groups excluding carboxylic acids is 2. The molecular formula is C24H27N3O5S. The molecule has 2 atom stereocenters. The van der Waals surface area contributed by atoms with Crippen LogP contribution in [0.4, 0.5) is 11.4 Å². The fourth-order valence-electron chi connectivity index (χ4n) is 3.77. The number of carbonyl (C=O) groups is 2. The van der Waals surface area contributed by atoms with Crippen LogP contribution in [0, 0.1) is 0 Å². The van der Waals surface area contributed by atoms with Crippen molar-refractivity contribution in [2.45, 2.75) is 30.6 Å². The summed E-state index contributed by atoms with van der Waals surface area (Å²) in [5, 5.41) is 2.87. The Kier molecular flexibility index (Phi) is 7.51. The number of hydrogen-bond acceptors (Lipinski definition) is 7. The number of ether oxygens (including phenoxy) is 3. The Labute approximate surface area is 197 Å². The molecule has 2 aliphatic rings. The van der Waals surface area contributed by atoms with Gasteiger partial charge in [0.25, 0.3) is 0 Å². The number of thioether (sulfide) groups is 1. The second-order valence-corrected chi connectivity index (χ2v) is 8.91. The third-order valence-electron chi connectivity index (χ3n) is 5.48. The van der Waals surface area contributed by atoms with Crippen LogP contribution in [0.3, 0.4) is 0 Å². The first-order valence-electron chi connectivity index (χ1n) is 10.8. The van der Waals surface area contributed by atoms with E-state index in [9.17, 15) is 9.59 Å². The second-order valence-electron chi connectivity index (χ2n) is 7.74. The van der Waals surface area contributed by atoms with Crippen molar-refractivity contribution >= 4 is 40.1 Å². The fraction of sp³-hybridized carbons (Fsp3) is 0.375. The Hall–Kier alpha value is -3.04. The molecule has 33 heavy (non-hydrogen) atoms. The highest BCUT2D eigenvalue weighted by molar-refractivity contribution is 8.15. The van der Waals surface area contributed by atoms with E-state index in [1.165, 1.54) is 11.8 Å². The lowest BCUT2D eigenvalue weighted by Gasteiger charge is -2.20. The van der Waals surface area contributed by atoms with Gasteiger partial charge in [-0.1, -0.05) is 23.9 Å². The number of amidine groups is 1. The number of aliphatic imine (C=N–C) groups is 1. The van der Waals surface area contributed by atoms with Gasteiger partial charge in [-0.05, 0) is 49.2 Å². The topological polar surface area (TPSA) is 89.5 Å². The molecule has 0 bridgehead atoms. The molecule has 2 amide bonds. The van der Waals surface area contributed by atoms with Gasteiger partial charge in [-0.15, -0.1) is 0 Å². The van der Waals surface area contributed by atoms with E-state index in [1.807, 2.05) is 36.4 Å². The molecular weight excluding hydrogens is 442 g/mol. The van der Waals surface area contributed by atoms with E-state index in [2.05, 4.69) is 5.32 Å². The predicted molar refractivity (Wildman–Crippen MR) is 128 cm³/mol. The number of hydrogen-bond donors (Lipinski definition) is 1. The molecule has 0 spiro atoms. The van der Waals surface area contributed by atoms with Crippen LogP contribution in [0.1, 0.15) is 19.3 Å². The lowest BCUT2D eigenvalue weighted by molar-refractivity contribution is -0.129. The SMILES string of the molecule is COc1ccc(N=C2SC(CC(=O)Nc3ccccc3OC)C(=O)N2CC2CCCO2)cc1. The molecule has 2 aromatic rings. The van der Waals surface area contributed by atoms with Crippen LogP contribution < -0.4 is 14.8 Å². The lowest BCUT2D eigenvalue weighted by Crippen LogP contribution is -2.38. The maximum Gasteiger partial charge on any atom is 0.242 e. The molecule has 0 aromatic heterocycles. The first-order chi connectivity index (χ1) is 16.1. The number of nitrogens with zero attached hydrogens (tertiary/aromatic N) is 2. The number of benzene rings is 2. The van der Waals surface area contributed by atoms with Crippen LogP contribution in [0.15, 0.2) is 53.5 Å². The number of rotatable bonds is 8. The summed E-state index contributed by atoms with van der Waals surface area (Å²) in [6, 6.07) is 14.5. The van der Waals surface area contributed by atoms with Crippen LogP contribution >= 0.6 is 11.8 Å². The number of nitrogens with one attached hydrogen (secondary N) is 1. The maximum absolute atomic E-state index is 13.2. The zero-order valence-corrected chi connectivity index (χ0v) is 19.5. The molecule has 0 aliphatic carbocycles. The summed E-state index contributed by atoms with van der Waals surface area (Å²) in [6.07, 6.45) is 1.90. The average Bonchev–Trinajstić information content (AvgIpc) is 3.44. The summed E-state index contributed by atoms with van der Waals surface area (Å²) in [4.78, 5) is 32.3. The summed E-state index contributed by atoms with van der Waals surface area (Å²) in [5.41, 5.74) is 1.28. The van der Waals surface area contributed by atoms with Gasteiger partial charge in [-0.25, -0.2) is 4.99 Å². The van der Waals surface area contributed by atoms with Gasteiger partial charge in [0.1, 0.15) is 16.7 Å². The minimum Gasteiger partial charge on any atom is -0.497 e. The van der Waals surface area contributed by atoms with Gasteiger partial charge in [0.15, 0.2) is 5.17 Å². The highest BCUT2D eigenvalue weighted by Gasteiger charge is 2.40. The van der Waals surface area contributed by atoms with Crippen LogP contribution in [0.25, 0.3) is 0 Å². The van der Waals surface area contributed by atoms with Crippen molar-refractivity contribution < 1.29 is 23.8 Å². The smallest absolute Gasteiger partial charge is 0.242 e. The maximum atomic E-state index is 13.2. The second kappa shape index (κ2) is 10.7. The summed E-state index contributed by atoms with van der Waals surface area (Å²) >= 11 is 1.31. The molecule has 9 heteroatoms. The molecule has 0 radical (unpaired) electrons. The predicted octanol–water partition coefficient (Wildman–Crippen LogP) is 3.84. The summed E-state index contributed by atoms with van der Waals surface area (Å²) in [5.74, 6) is 0.917. The number of anilines is 1. The van der Waals surface area contributed by atoms with Crippen LogP contribution in [0.5, 0.6) is 11.5 Å². The van der Waals surface area contributed by atoms with Crippen molar-refractivity contribution in [3.8, 4) is 11.5 Å². The Balaban J connectivity index is 1.50. The molecule has 0 saturated carbocycles. The van der Waals surface area contributed by atoms with E-state index in [1.54, 1.807) is 31.3 Å². The minimum absolute atomic E-state index is 0.0169. The van der Waals surface area contributed by atoms with E-state index in [0.717, 1.165) is 18.6 Å². The van der Waals surface area contributed by atoms with Crippen molar-refractivity contribution in [2.75, 3.05) is 32.7 Å². The van der Waals surface area contributed by atoms with Gasteiger partial charge in [0, 0.05) is 13.0 Å². The van der Waals surface area contributed by atoms with Gasteiger partial charge >= 0.3 is 0 Å². The van der Waals surface area contributed by atoms with Gasteiger partial charge in [0.05, 0.1) is 38.2 Å². The Morgan fingerprint density at radius 3 is 2.67 bits per heavy atom. The highest BCUT2D eigenvalue weighted by atomic mass is 32.2. The monoisotopic (exact) mass is 469 g/mol. The zero-order valence-electron chi connectivity index (χ0n) is 18.7. The minimum atomic E-state index is -0.557. The van der Waals surface area contributed by atoms with Gasteiger partial charge < -0.3 is 19.5 Å². The molecule has 2 fully saturated rings. The number of para-hydroxylation sites is 2. The number of methoxy groups -OCH3 is 2. The Morgan fingerprint density at radius 1 is 1.18 bits per heavy atom. The molecule has 174 valence electrons. The summed E-state index contributed by atoms with van der Waals surface area (Å²) in [7, 11) is 3.16. The first kappa shape index (κ1) is 23.1. The lowest BCUT2D eigenvalue weighted by atomic mass is 10.2. The van der Waals surface area contributed by atoms with Crippen LogP contribution in [-0.2, 0) is 14.3 Å². The quantitative estimate of drug-likeness (QED) is 0.632. The third kappa shape index (κ3) is 5.66. The molecule has 4 rings (SSSR count). The van der Waals surface area contributed by atoms with Gasteiger partial charge in [0.2, 0.25) is 11.8 Å². The first-order valence-corrected chi connectivity index (χ1v) is 11.7. The van der Waals surface area contributed by atoms with E-state index >= 15 is 0 Å². The third-order valence-corrected chi connectivity index (χ3v) is 6.65. The zero-order chi connectivity index (χ0) is 23.2. The van der Waals surface area contributed by atoms with E-state index in [0.29, 0.717) is 35.4 Å². The van der Waals surface area contributed by atoms with Crippen LogP contribution in [0.2, 0.25) is 0 Å². The van der Waals surface area contributed by atoms with Crippen molar-refractivity contribution in [1.29, 1.82) is 0 Å². The largest absolute Gasteiger partial charge is 0.497 e. The Morgan fingerprint density at radius 2 is 1.97 bits per heavy atom. The van der Waals surface area contributed by atoms with Crippen molar-refractivity contribution in [3.63, 3.8) is 0 Å². The number of amides is 2. The molecule has 1 N–H and O–H groups in total. The molecule has 8 nitrogen and oxygen atoms in total. The van der Waals surface area contributed by atoms with E-state index in [4.69, 9.17) is 19.2 Å². The Bertz CT molecular complexity index is 1020. The normalized spacial score (nSPS) is 21.5. The molecule has 2 aromatic carbocycles. The van der Waals surface area contributed by atoms with E-state index in [-0.39, 0.29) is 24.3 Å². The molecule has 2 saturated heterocycles. The van der Waals surface area contributed by atoms with Crippen LogP contribution in [-0.4, -0.2) is 60.6 Å². The van der Waals surface area contributed by atoms with Crippen molar-refractivity contribution in [2.24, 2.45) is 4.99 Å². The summed E-state index contributed by atoms with van der Waals surface area (Å²) < 4.78 is 16.2. The average molecular weight is 470 g/mol. The molecule has 2 unspecified atom stereocenters. The fourth-order valence-corrected chi connectivity index (χ4v) is 4.94.